The van der Waals surface area contributed by atoms with Crippen molar-refractivity contribution in [3.8, 4) is 0 Å². The lowest BCUT2D eigenvalue weighted by Crippen LogP contribution is -2.35. The summed E-state index contributed by atoms with van der Waals surface area (Å²) in [5, 5.41) is 14.0. The third-order valence-corrected chi connectivity index (χ3v) is 3.64. The number of hydrogen-bond donors (Lipinski definition) is 1. The first-order valence-electron chi connectivity index (χ1n) is 6.80. The smallest absolute Gasteiger partial charge is 0.246 e. The quantitative estimate of drug-likeness (QED) is 0.869. The van der Waals surface area contributed by atoms with Gasteiger partial charge in [-0.1, -0.05) is 24.9 Å². The zero-order valence-corrected chi connectivity index (χ0v) is 11.6. The monoisotopic (exact) mass is 267 g/mol. The van der Waals surface area contributed by atoms with Crippen molar-refractivity contribution < 1.29 is 14.4 Å². The highest BCUT2D eigenvalue weighted by molar-refractivity contribution is 5.76. The van der Waals surface area contributed by atoms with E-state index in [2.05, 4.69) is 10.1 Å². The molecule has 1 aromatic heterocycles. The summed E-state index contributed by atoms with van der Waals surface area (Å²) in [7, 11) is 1.69. The fraction of sp³-hybridized carbons (Fsp3) is 0.769. The van der Waals surface area contributed by atoms with E-state index in [1.165, 1.54) is 4.90 Å². The second-order valence-electron chi connectivity index (χ2n) is 5.32. The zero-order valence-electron chi connectivity index (χ0n) is 11.6. The zero-order chi connectivity index (χ0) is 13.9. The number of carbonyl (C=O) groups is 1. The van der Waals surface area contributed by atoms with Gasteiger partial charge in [-0.05, 0) is 12.8 Å². The van der Waals surface area contributed by atoms with Crippen LogP contribution in [0.3, 0.4) is 0 Å². The molecule has 1 aliphatic rings. The molecule has 1 heterocycles. The number of carbonyl (C=O) groups excluding carboxylic acids is 1. The second kappa shape index (κ2) is 5.69. The van der Waals surface area contributed by atoms with E-state index in [-0.39, 0.29) is 12.3 Å². The van der Waals surface area contributed by atoms with Gasteiger partial charge in [0.2, 0.25) is 11.8 Å². The topological polar surface area (TPSA) is 79.5 Å². The Balaban J connectivity index is 1.88. The van der Waals surface area contributed by atoms with Gasteiger partial charge in [0.15, 0.2) is 5.82 Å². The number of nitrogens with zero attached hydrogens (tertiary/aromatic N) is 3. The first kappa shape index (κ1) is 14.0. The SMILES string of the molecule is CCc1noc(CN(C)C(=O)CC2(O)CCCC2)n1. The van der Waals surface area contributed by atoms with Gasteiger partial charge in [0.05, 0.1) is 18.6 Å². The van der Waals surface area contributed by atoms with Crippen molar-refractivity contribution in [2.75, 3.05) is 7.05 Å². The minimum absolute atomic E-state index is 0.0827. The summed E-state index contributed by atoms with van der Waals surface area (Å²) < 4.78 is 5.05. The predicted molar refractivity (Wildman–Crippen MR) is 68.2 cm³/mol. The van der Waals surface area contributed by atoms with Crippen molar-refractivity contribution >= 4 is 5.91 Å². The van der Waals surface area contributed by atoms with Crippen molar-refractivity contribution in [3.05, 3.63) is 11.7 Å². The Morgan fingerprint density at radius 1 is 1.47 bits per heavy atom. The molecule has 19 heavy (non-hydrogen) atoms. The lowest BCUT2D eigenvalue weighted by Gasteiger charge is -2.24. The van der Waals surface area contributed by atoms with Gasteiger partial charge >= 0.3 is 0 Å². The average Bonchev–Trinajstić information content (AvgIpc) is 2.98. The van der Waals surface area contributed by atoms with E-state index in [0.717, 1.165) is 12.8 Å². The lowest BCUT2D eigenvalue weighted by molar-refractivity contribution is -0.135. The number of aryl methyl sites for hydroxylation is 1. The molecule has 0 unspecified atom stereocenters. The average molecular weight is 267 g/mol. The maximum absolute atomic E-state index is 12.1. The van der Waals surface area contributed by atoms with Gasteiger partial charge in [0, 0.05) is 13.5 Å². The Bertz CT molecular complexity index is 438. The van der Waals surface area contributed by atoms with E-state index < -0.39 is 5.60 Å². The summed E-state index contributed by atoms with van der Waals surface area (Å²) in [6, 6.07) is 0. The third kappa shape index (κ3) is 3.53. The summed E-state index contributed by atoms with van der Waals surface area (Å²) in [6.45, 7) is 2.24. The summed E-state index contributed by atoms with van der Waals surface area (Å²) in [6.07, 6.45) is 4.31. The molecule has 1 saturated carbocycles. The molecule has 1 aliphatic carbocycles. The lowest BCUT2D eigenvalue weighted by atomic mass is 9.97. The minimum Gasteiger partial charge on any atom is -0.389 e. The molecule has 0 spiro atoms. The molecular formula is C13H21N3O3. The fourth-order valence-electron chi connectivity index (χ4n) is 2.42. The number of amides is 1. The van der Waals surface area contributed by atoms with Crippen molar-refractivity contribution in [1.82, 2.24) is 15.0 Å². The van der Waals surface area contributed by atoms with Crippen LogP contribution in [-0.2, 0) is 17.8 Å². The van der Waals surface area contributed by atoms with Crippen LogP contribution in [0.5, 0.6) is 0 Å². The molecule has 0 atom stereocenters. The molecular weight excluding hydrogens is 246 g/mol. The van der Waals surface area contributed by atoms with Gasteiger partial charge in [-0.2, -0.15) is 4.98 Å². The van der Waals surface area contributed by atoms with Crippen molar-refractivity contribution in [2.45, 2.75) is 57.6 Å². The van der Waals surface area contributed by atoms with Crippen LogP contribution in [0.2, 0.25) is 0 Å². The number of aromatic nitrogens is 2. The summed E-state index contributed by atoms with van der Waals surface area (Å²) in [5.41, 5.74) is -0.811. The molecule has 6 nitrogen and oxygen atoms in total. The standard InChI is InChI=1S/C13H21N3O3/c1-3-10-14-11(19-15-10)9-16(2)12(17)8-13(18)6-4-5-7-13/h18H,3-9H2,1-2H3. The number of hydrogen-bond acceptors (Lipinski definition) is 5. The van der Waals surface area contributed by atoms with E-state index in [9.17, 15) is 9.90 Å². The highest BCUT2D eigenvalue weighted by Gasteiger charge is 2.34. The van der Waals surface area contributed by atoms with Crippen LogP contribution in [0.4, 0.5) is 0 Å². The van der Waals surface area contributed by atoms with Gasteiger partial charge in [0.1, 0.15) is 0 Å². The minimum atomic E-state index is -0.811. The van der Waals surface area contributed by atoms with E-state index in [1.54, 1.807) is 7.05 Å². The molecule has 106 valence electrons. The molecule has 0 saturated heterocycles. The van der Waals surface area contributed by atoms with Crippen LogP contribution >= 0.6 is 0 Å². The molecule has 1 amide bonds. The molecule has 0 radical (unpaired) electrons. The van der Waals surface area contributed by atoms with Crippen molar-refractivity contribution in [2.24, 2.45) is 0 Å². The maximum atomic E-state index is 12.1. The van der Waals surface area contributed by atoms with E-state index >= 15 is 0 Å². The van der Waals surface area contributed by atoms with Gasteiger partial charge < -0.3 is 14.5 Å². The first-order valence-corrected chi connectivity index (χ1v) is 6.80. The van der Waals surface area contributed by atoms with Crippen LogP contribution in [0.1, 0.15) is 50.7 Å². The fourth-order valence-corrected chi connectivity index (χ4v) is 2.42. The normalized spacial score (nSPS) is 17.6. The Hall–Kier alpha value is -1.43. The molecule has 0 aliphatic heterocycles. The number of aliphatic hydroxyl groups is 1. The van der Waals surface area contributed by atoms with Crippen LogP contribution in [-0.4, -0.2) is 38.7 Å². The molecule has 0 aromatic carbocycles. The van der Waals surface area contributed by atoms with Crippen LogP contribution in [0.15, 0.2) is 4.52 Å². The highest BCUT2D eigenvalue weighted by Crippen LogP contribution is 2.32. The third-order valence-electron chi connectivity index (χ3n) is 3.64. The van der Waals surface area contributed by atoms with E-state index in [4.69, 9.17) is 4.52 Å². The van der Waals surface area contributed by atoms with E-state index in [0.29, 0.717) is 37.5 Å². The summed E-state index contributed by atoms with van der Waals surface area (Å²) in [4.78, 5) is 17.8. The highest BCUT2D eigenvalue weighted by atomic mass is 16.5. The Kier molecular flexibility index (Phi) is 4.19. The van der Waals surface area contributed by atoms with Crippen molar-refractivity contribution in [3.63, 3.8) is 0 Å². The van der Waals surface area contributed by atoms with Gasteiger partial charge in [0.25, 0.3) is 0 Å². The van der Waals surface area contributed by atoms with Gasteiger partial charge in [-0.25, -0.2) is 0 Å². The molecule has 6 heteroatoms. The van der Waals surface area contributed by atoms with E-state index in [1.807, 2.05) is 6.92 Å². The van der Waals surface area contributed by atoms with Crippen molar-refractivity contribution in [1.29, 1.82) is 0 Å². The van der Waals surface area contributed by atoms with Crippen LogP contribution < -0.4 is 0 Å². The molecule has 1 N–H and O–H groups in total. The largest absolute Gasteiger partial charge is 0.389 e. The molecule has 0 bridgehead atoms. The predicted octanol–water partition coefficient (Wildman–Crippen LogP) is 1.29. The Morgan fingerprint density at radius 3 is 2.74 bits per heavy atom. The first-order chi connectivity index (χ1) is 9.02. The summed E-state index contributed by atoms with van der Waals surface area (Å²) >= 11 is 0. The Labute approximate surface area is 112 Å². The maximum Gasteiger partial charge on any atom is 0.246 e. The van der Waals surface area contributed by atoms with Gasteiger partial charge in [-0.3, -0.25) is 4.79 Å². The van der Waals surface area contributed by atoms with Gasteiger partial charge in [-0.15, -0.1) is 0 Å². The molecule has 1 fully saturated rings. The Morgan fingerprint density at radius 2 is 2.16 bits per heavy atom. The molecule has 1 aromatic rings. The second-order valence-corrected chi connectivity index (χ2v) is 5.32. The number of rotatable bonds is 5. The summed E-state index contributed by atoms with van der Waals surface area (Å²) in [5.74, 6) is 0.997. The van der Waals surface area contributed by atoms with Crippen LogP contribution in [0.25, 0.3) is 0 Å². The molecule has 2 rings (SSSR count). The van der Waals surface area contributed by atoms with Crippen LogP contribution in [0, 0.1) is 0 Å².